The zero-order chi connectivity index (χ0) is 13.3. The standard InChI is InChI=1S/C15H16N2S/c1-9(2)11-4-6-12(7-5-11)14-10(3)18-15(17)13(14)8-16/h4-7,9H,17H2,1-3H3. The third kappa shape index (κ3) is 2.12. The Labute approximate surface area is 112 Å². The van der Waals surface area contributed by atoms with E-state index in [1.54, 1.807) is 0 Å². The highest BCUT2D eigenvalue weighted by Gasteiger charge is 2.15. The maximum absolute atomic E-state index is 9.19. The van der Waals surface area contributed by atoms with E-state index in [0.717, 1.165) is 16.0 Å². The molecule has 0 aliphatic carbocycles. The molecule has 0 aliphatic rings. The minimum absolute atomic E-state index is 0.517. The summed E-state index contributed by atoms with van der Waals surface area (Å²) < 4.78 is 0. The van der Waals surface area contributed by atoms with E-state index >= 15 is 0 Å². The van der Waals surface area contributed by atoms with E-state index in [1.807, 2.05) is 6.92 Å². The maximum Gasteiger partial charge on any atom is 0.105 e. The van der Waals surface area contributed by atoms with Crippen molar-refractivity contribution >= 4 is 16.3 Å². The molecule has 0 atom stereocenters. The number of benzene rings is 1. The van der Waals surface area contributed by atoms with Crippen molar-refractivity contribution in [2.75, 3.05) is 5.73 Å². The van der Waals surface area contributed by atoms with Crippen LogP contribution in [0.4, 0.5) is 5.00 Å². The molecule has 3 heteroatoms. The quantitative estimate of drug-likeness (QED) is 0.870. The van der Waals surface area contributed by atoms with E-state index in [9.17, 15) is 5.26 Å². The highest BCUT2D eigenvalue weighted by Crippen LogP contribution is 2.37. The Morgan fingerprint density at radius 1 is 1.22 bits per heavy atom. The van der Waals surface area contributed by atoms with Gasteiger partial charge < -0.3 is 5.73 Å². The van der Waals surface area contributed by atoms with Gasteiger partial charge in [0.05, 0.1) is 5.56 Å². The Morgan fingerprint density at radius 2 is 1.83 bits per heavy atom. The second-order valence-electron chi connectivity index (χ2n) is 4.66. The van der Waals surface area contributed by atoms with E-state index < -0.39 is 0 Å². The molecule has 0 amide bonds. The fourth-order valence-electron chi connectivity index (χ4n) is 2.06. The van der Waals surface area contributed by atoms with Crippen LogP contribution in [0.1, 0.15) is 35.8 Å². The van der Waals surface area contributed by atoms with Gasteiger partial charge in [0, 0.05) is 10.4 Å². The molecule has 0 saturated heterocycles. The van der Waals surface area contributed by atoms with Crippen molar-refractivity contribution in [2.24, 2.45) is 0 Å². The molecule has 2 rings (SSSR count). The fraction of sp³-hybridized carbons (Fsp3) is 0.267. The molecule has 0 unspecified atom stereocenters. The van der Waals surface area contributed by atoms with Crippen molar-refractivity contribution in [1.29, 1.82) is 5.26 Å². The van der Waals surface area contributed by atoms with Gasteiger partial charge in [0.2, 0.25) is 0 Å². The molecule has 2 aromatic rings. The molecule has 0 fully saturated rings. The van der Waals surface area contributed by atoms with Gasteiger partial charge in [0.1, 0.15) is 11.1 Å². The van der Waals surface area contributed by atoms with Crippen molar-refractivity contribution in [3.8, 4) is 17.2 Å². The lowest BCUT2D eigenvalue weighted by molar-refractivity contribution is 0.867. The smallest absolute Gasteiger partial charge is 0.105 e. The predicted molar refractivity (Wildman–Crippen MR) is 77.7 cm³/mol. The lowest BCUT2D eigenvalue weighted by Gasteiger charge is -2.07. The Balaban J connectivity index is 2.53. The molecular weight excluding hydrogens is 240 g/mol. The first-order chi connectivity index (χ1) is 8.54. The number of nitrogen functional groups attached to an aromatic ring is 1. The third-order valence-corrected chi connectivity index (χ3v) is 4.02. The summed E-state index contributed by atoms with van der Waals surface area (Å²) in [4.78, 5) is 1.10. The van der Waals surface area contributed by atoms with Gasteiger partial charge >= 0.3 is 0 Å². The highest BCUT2D eigenvalue weighted by atomic mass is 32.1. The van der Waals surface area contributed by atoms with Gasteiger partial charge in [0.15, 0.2) is 0 Å². The van der Waals surface area contributed by atoms with Gasteiger partial charge in [-0.25, -0.2) is 0 Å². The second-order valence-corrected chi connectivity index (χ2v) is 5.92. The monoisotopic (exact) mass is 256 g/mol. The summed E-state index contributed by atoms with van der Waals surface area (Å²) in [7, 11) is 0. The summed E-state index contributed by atoms with van der Waals surface area (Å²) in [6.45, 7) is 6.35. The first kappa shape index (κ1) is 12.7. The van der Waals surface area contributed by atoms with Crippen LogP contribution >= 0.6 is 11.3 Å². The third-order valence-electron chi connectivity index (χ3n) is 3.09. The van der Waals surface area contributed by atoms with Crippen LogP contribution in [-0.4, -0.2) is 0 Å². The minimum Gasteiger partial charge on any atom is -0.389 e. The predicted octanol–water partition coefficient (Wildman–Crippen LogP) is 4.30. The summed E-state index contributed by atoms with van der Waals surface area (Å²) in [6, 6.07) is 10.6. The zero-order valence-corrected chi connectivity index (χ0v) is 11.6. The molecule has 0 spiro atoms. The number of anilines is 1. The average Bonchev–Trinajstić information content (AvgIpc) is 2.63. The normalized spacial score (nSPS) is 10.6. The van der Waals surface area contributed by atoms with Crippen LogP contribution in [0.25, 0.3) is 11.1 Å². The molecule has 2 nitrogen and oxygen atoms in total. The highest BCUT2D eigenvalue weighted by molar-refractivity contribution is 7.16. The minimum atomic E-state index is 0.517. The van der Waals surface area contributed by atoms with Crippen molar-refractivity contribution < 1.29 is 0 Å². The number of hydrogen-bond donors (Lipinski definition) is 1. The summed E-state index contributed by atoms with van der Waals surface area (Å²) in [5.41, 5.74) is 9.83. The van der Waals surface area contributed by atoms with E-state index in [0.29, 0.717) is 16.5 Å². The molecule has 0 bridgehead atoms. The number of hydrogen-bond acceptors (Lipinski definition) is 3. The van der Waals surface area contributed by atoms with Gasteiger partial charge in [0.25, 0.3) is 0 Å². The van der Waals surface area contributed by atoms with Crippen LogP contribution in [0.15, 0.2) is 24.3 Å². The molecule has 0 aliphatic heterocycles. The molecule has 1 aromatic heterocycles. The summed E-state index contributed by atoms with van der Waals surface area (Å²) in [5.74, 6) is 0.517. The molecular formula is C15H16N2S. The van der Waals surface area contributed by atoms with Crippen LogP contribution in [0.3, 0.4) is 0 Å². The number of nitrogens with zero attached hydrogens (tertiary/aromatic N) is 1. The summed E-state index contributed by atoms with van der Waals surface area (Å²) in [5, 5.41) is 9.80. The Morgan fingerprint density at radius 3 is 2.33 bits per heavy atom. The summed E-state index contributed by atoms with van der Waals surface area (Å²) in [6.07, 6.45) is 0. The second kappa shape index (κ2) is 4.83. The molecule has 0 saturated carbocycles. The van der Waals surface area contributed by atoms with E-state index in [4.69, 9.17) is 5.73 Å². The zero-order valence-electron chi connectivity index (χ0n) is 10.8. The molecule has 18 heavy (non-hydrogen) atoms. The molecule has 92 valence electrons. The van der Waals surface area contributed by atoms with Gasteiger partial charge in [-0.2, -0.15) is 5.26 Å². The maximum atomic E-state index is 9.19. The number of nitrogens with two attached hydrogens (primary N) is 1. The Kier molecular flexibility index (Phi) is 3.40. The number of rotatable bonds is 2. The van der Waals surface area contributed by atoms with Crippen LogP contribution in [0, 0.1) is 18.3 Å². The first-order valence-corrected chi connectivity index (χ1v) is 6.75. The van der Waals surface area contributed by atoms with E-state index in [1.165, 1.54) is 16.9 Å². The Bertz CT molecular complexity index is 601. The van der Waals surface area contributed by atoms with Crippen LogP contribution in [0.5, 0.6) is 0 Å². The first-order valence-electron chi connectivity index (χ1n) is 5.94. The SMILES string of the molecule is Cc1sc(N)c(C#N)c1-c1ccc(C(C)C)cc1. The lowest BCUT2D eigenvalue weighted by Crippen LogP contribution is -1.89. The average molecular weight is 256 g/mol. The number of thiophene rings is 1. The van der Waals surface area contributed by atoms with Crippen LogP contribution in [-0.2, 0) is 0 Å². The van der Waals surface area contributed by atoms with Gasteiger partial charge in [-0.3, -0.25) is 0 Å². The summed E-state index contributed by atoms with van der Waals surface area (Å²) >= 11 is 1.48. The molecule has 1 heterocycles. The van der Waals surface area contributed by atoms with E-state index in [2.05, 4.69) is 44.2 Å². The van der Waals surface area contributed by atoms with Gasteiger partial charge in [-0.05, 0) is 24.0 Å². The molecule has 2 N–H and O–H groups in total. The largest absolute Gasteiger partial charge is 0.389 e. The van der Waals surface area contributed by atoms with Crippen molar-refractivity contribution in [1.82, 2.24) is 0 Å². The molecule has 0 radical (unpaired) electrons. The van der Waals surface area contributed by atoms with Crippen LogP contribution in [0.2, 0.25) is 0 Å². The Hall–Kier alpha value is -1.79. The topological polar surface area (TPSA) is 49.8 Å². The van der Waals surface area contributed by atoms with Crippen molar-refractivity contribution in [2.45, 2.75) is 26.7 Å². The van der Waals surface area contributed by atoms with Crippen LogP contribution < -0.4 is 5.73 Å². The fourth-order valence-corrected chi connectivity index (χ4v) is 2.96. The molecule has 1 aromatic carbocycles. The van der Waals surface area contributed by atoms with Crippen molar-refractivity contribution in [3.63, 3.8) is 0 Å². The van der Waals surface area contributed by atoms with Gasteiger partial charge in [-0.15, -0.1) is 11.3 Å². The van der Waals surface area contributed by atoms with Crippen molar-refractivity contribution in [3.05, 3.63) is 40.3 Å². The van der Waals surface area contributed by atoms with Gasteiger partial charge in [-0.1, -0.05) is 38.1 Å². The van der Waals surface area contributed by atoms with E-state index in [-0.39, 0.29) is 0 Å². The number of nitriles is 1. The number of aryl methyl sites for hydroxylation is 1. The lowest BCUT2D eigenvalue weighted by atomic mass is 9.97.